The van der Waals surface area contributed by atoms with Gasteiger partial charge in [-0.3, -0.25) is 9.59 Å². The molecule has 8 nitrogen and oxygen atoms in total. The van der Waals surface area contributed by atoms with Crippen molar-refractivity contribution in [2.24, 2.45) is 11.3 Å². The van der Waals surface area contributed by atoms with Crippen LogP contribution in [0.1, 0.15) is 62.8 Å². The molecule has 0 heterocycles. The summed E-state index contributed by atoms with van der Waals surface area (Å²) in [6, 6.07) is 21.1. The number of benzene rings is 3. The summed E-state index contributed by atoms with van der Waals surface area (Å²) in [6.07, 6.45) is 0.213. The van der Waals surface area contributed by atoms with Crippen molar-refractivity contribution >= 4 is 24.2 Å². The molecule has 0 aliphatic heterocycles. The Balaban J connectivity index is 1.47. The first kappa shape index (κ1) is 32.5. The average molecular weight is 598 g/mol. The van der Waals surface area contributed by atoms with Crippen LogP contribution in [-0.4, -0.2) is 48.9 Å². The Morgan fingerprint density at radius 2 is 1.39 bits per heavy atom. The number of carbonyl (C=O) groups excluding carboxylic acids is 4. The second kappa shape index (κ2) is 13.9. The van der Waals surface area contributed by atoms with Crippen LogP contribution in [0.4, 0.5) is 4.79 Å². The summed E-state index contributed by atoms with van der Waals surface area (Å²) in [6.45, 7) is 11.2. The first-order valence-electron chi connectivity index (χ1n) is 15.1. The van der Waals surface area contributed by atoms with E-state index in [2.05, 4.69) is 28.1 Å². The Hall–Kier alpha value is -4.46. The standard InChI is InChI=1S/C36H43N3O5/c1-22(2)32(39-35(43)44-21-29-27-17-11-9-15-25(27)26-16-10-12-18-28(26)29)34(42)37-30(19-24-14-8-7-13-23(24)3)33(41)38-31(20-40)36(4,5)6/h7-18,20,22,29-32H,19,21H2,1-6H3,(H,37,42)(H,38,41)(H,39,43)/t30-,31+,32+/m0/s1. The van der Waals surface area contributed by atoms with Crippen molar-refractivity contribution in [3.05, 3.63) is 95.1 Å². The van der Waals surface area contributed by atoms with Crippen LogP contribution in [-0.2, 0) is 25.5 Å². The number of aryl methyl sites for hydroxylation is 1. The van der Waals surface area contributed by atoms with Crippen LogP contribution in [0, 0.1) is 18.3 Å². The highest BCUT2D eigenvalue weighted by molar-refractivity contribution is 5.92. The summed E-state index contributed by atoms with van der Waals surface area (Å²) in [7, 11) is 0. The van der Waals surface area contributed by atoms with E-state index in [-0.39, 0.29) is 24.9 Å². The molecule has 0 aromatic heterocycles. The Labute approximate surface area is 260 Å². The number of ether oxygens (including phenoxy) is 1. The zero-order chi connectivity index (χ0) is 32.0. The van der Waals surface area contributed by atoms with E-state index in [0.717, 1.165) is 33.4 Å². The van der Waals surface area contributed by atoms with Crippen LogP contribution in [0.15, 0.2) is 72.8 Å². The monoisotopic (exact) mass is 597 g/mol. The quantitative estimate of drug-likeness (QED) is 0.259. The molecule has 4 rings (SSSR count). The van der Waals surface area contributed by atoms with Gasteiger partial charge in [-0.15, -0.1) is 0 Å². The predicted octanol–water partition coefficient (Wildman–Crippen LogP) is 5.32. The minimum Gasteiger partial charge on any atom is -0.449 e. The molecule has 3 atom stereocenters. The Morgan fingerprint density at radius 1 is 0.818 bits per heavy atom. The Morgan fingerprint density at radius 3 is 1.93 bits per heavy atom. The van der Waals surface area contributed by atoms with Crippen molar-refractivity contribution in [2.45, 2.75) is 72.0 Å². The number of alkyl carbamates (subject to hydrolysis) is 1. The molecule has 232 valence electrons. The van der Waals surface area contributed by atoms with Crippen LogP contribution in [0.2, 0.25) is 0 Å². The molecule has 0 saturated heterocycles. The van der Waals surface area contributed by atoms with E-state index in [1.165, 1.54) is 0 Å². The molecule has 0 radical (unpaired) electrons. The second-order valence-corrected chi connectivity index (χ2v) is 12.9. The third-order valence-electron chi connectivity index (χ3n) is 8.25. The van der Waals surface area contributed by atoms with Crippen LogP contribution >= 0.6 is 0 Å². The number of rotatable bonds is 11. The normalized spacial score (nSPS) is 14.5. The molecular formula is C36H43N3O5. The molecule has 1 aliphatic carbocycles. The number of hydrogen-bond acceptors (Lipinski definition) is 5. The van der Waals surface area contributed by atoms with Crippen molar-refractivity contribution in [2.75, 3.05) is 6.61 Å². The number of hydrogen-bond donors (Lipinski definition) is 3. The number of carbonyl (C=O) groups is 4. The van der Waals surface area contributed by atoms with Gasteiger partial charge in [0.1, 0.15) is 25.0 Å². The third-order valence-corrected chi connectivity index (χ3v) is 8.25. The molecule has 44 heavy (non-hydrogen) atoms. The lowest BCUT2D eigenvalue weighted by atomic mass is 9.87. The van der Waals surface area contributed by atoms with Gasteiger partial charge in [-0.25, -0.2) is 4.79 Å². The lowest BCUT2D eigenvalue weighted by molar-refractivity contribution is -0.132. The summed E-state index contributed by atoms with van der Waals surface area (Å²) >= 11 is 0. The minimum absolute atomic E-state index is 0.116. The molecule has 3 amide bonds. The van der Waals surface area contributed by atoms with Gasteiger partial charge in [0.2, 0.25) is 11.8 Å². The van der Waals surface area contributed by atoms with Crippen molar-refractivity contribution in [3.8, 4) is 11.1 Å². The Bertz CT molecular complexity index is 1460. The summed E-state index contributed by atoms with van der Waals surface area (Å²) in [5.41, 5.74) is 5.77. The van der Waals surface area contributed by atoms with Crippen LogP contribution in [0.5, 0.6) is 0 Å². The van der Waals surface area contributed by atoms with E-state index >= 15 is 0 Å². The summed E-state index contributed by atoms with van der Waals surface area (Å²) < 4.78 is 5.69. The SMILES string of the molecule is Cc1ccccc1C[C@H](NC(=O)[C@H](NC(=O)OCC1c2ccccc2-c2ccccc21)C(C)C)C(=O)N[C@H](C=O)C(C)(C)C. The molecule has 1 aliphatic rings. The fourth-order valence-corrected chi connectivity index (χ4v) is 5.54. The first-order valence-corrected chi connectivity index (χ1v) is 15.1. The van der Waals surface area contributed by atoms with Crippen molar-refractivity contribution in [1.82, 2.24) is 16.0 Å². The maximum Gasteiger partial charge on any atom is 0.407 e. The van der Waals surface area contributed by atoms with E-state index in [0.29, 0.717) is 6.29 Å². The summed E-state index contributed by atoms with van der Waals surface area (Å²) in [4.78, 5) is 52.0. The molecule has 0 fully saturated rings. The summed E-state index contributed by atoms with van der Waals surface area (Å²) in [5, 5.41) is 8.36. The predicted molar refractivity (Wildman–Crippen MR) is 171 cm³/mol. The fourth-order valence-electron chi connectivity index (χ4n) is 5.54. The molecule has 3 N–H and O–H groups in total. The van der Waals surface area contributed by atoms with Gasteiger partial charge in [-0.1, -0.05) is 107 Å². The molecule has 0 unspecified atom stereocenters. The molecule has 0 spiro atoms. The van der Waals surface area contributed by atoms with E-state index in [9.17, 15) is 19.2 Å². The van der Waals surface area contributed by atoms with Gasteiger partial charge >= 0.3 is 6.09 Å². The molecule has 0 saturated carbocycles. The number of aldehydes is 1. The molecule has 8 heteroatoms. The second-order valence-electron chi connectivity index (χ2n) is 12.9. The van der Waals surface area contributed by atoms with Gasteiger partial charge in [0, 0.05) is 12.3 Å². The van der Waals surface area contributed by atoms with Crippen LogP contribution in [0.25, 0.3) is 11.1 Å². The first-order chi connectivity index (χ1) is 20.9. The average Bonchev–Trinajstić information content (AvgIpc) is 3.30. The van der Waals surface area contributed by atoms with Crippen molar-refractivity contribution in [1.29, 1.82) is 0 Å². The molecule has 0 bridgehead atoms. The van der Waals surface area contributed by atoms with Gasteiger partial charge in [0.25, 0.3) is 0 Å². The number of nitrogens with one attached hydrogen (secondary N) is 3. The number of fused-ring (bicyclic) bond motifs is 3. The van der Waals surface area contributed by atoms with E-state index in [4.69, 9.17) is 4.74 Å². The van der Waals surface area contributed by atoms with Crippen molar-refractivity contribution < 1.29 is 23.9 Å². The Kier molecular flexibility index (Phi) is 10.2. The fraction of sp³-hybridized carbons (Fsp3) is 0.389. The summed E-state index contributed by atoms with van der Waals surface area (Å²) in [5.74, 6) is -1.40. The molecule has 3 aromatic carbocycles. The smallest absolute Gasteiger partial charge is 0.407 e. The minimum atomic E-state index is -0.973. The molecular weight excluding hydrogens is 554 g/mol. The highest BCUT2D eigenvalue weighted by Crippen LogP contribution is 2.44. The van der Waals surface area contributed by atoms with E-state index < -0.39 is 41.4 Å². The lowest BCUT2D eigenvalue weighted by Gasteiger charge is -2.30. The molecule has 3 aromatic rings. The van der Waals surface area contributed by atoms with Crippen molar-refractivity contribution in [3.63, 3.8) is 0 Å². The largest absolute Gasteiger partial charge is 0.449 e. The third kappa shape index (κ3) is 7.54. The highest BCUT2D eigenvalue weighted by atomic mass is 16.5. The van der Waals surface area contributed by atoms with E-state index in [1.807, 2.05) is 102 Å². The van der Waals surface area contributed by atoms with Crippen LogP contribution in [0.3, 0.4) is 0 Å². The maximum atomic E-state index is 13.6. The van der Waals surface area contributed by atoms with Crippen LogP contribution < -0.4 is 16.0 Å². The van der Waals surface area contributed by atoms with Gasteiger partial charge in [0.05, 0.1) is 6.04 Å². The number of amides is 3. The van der Waals surface area contributed by atoms with E-state index in [1.54, 1.807) is 0 Å². The maximum absolute atomic E-state index is 13.6. The topological polar surface area (TPSA) is 114 Å². The van der Waals surface area contributed by atoms with Gasteiger partial charge in [-0.05, 0) is 51.6 Å². The zero-order valence-corrected chi connectivity index (χ0v) is 26.3. The lowest BCUT2D eigenvalue weighted by Crippen LogP contribution is -2.58. The van der Waals surface area contributed by atoms with Gasteiger partial charge in [0.15, 0.2) is 0 Å². The van der Waals surface area contributed by atoms with Gasteiger partial charge in [-0.2, -0.15) is 0 Å². The highest BCUT2D eigenvalue weighted by Gasteiger charge is 2.34. The van der Waals surface area contributed by atoms with Gasteiger partial charge < -0.3 is 25.5 Å². The zero-order valence-electron chi connectivity index (χ0n) is 26.3.